The number of nitrogens with zero attached hydrogens (tertiary/aromatic N) is 1. The lowest BCUT2D eigenvalue weighted by atomic mass is 10.1. The predicted octanol–water partition coefficient (Wildman–Crippen LogP) is 4.60. The van der Waals surface area contributed by atoms with E-state index in [2.05, 4.69) is 5.32 Å². The van der Waals surface area contributed by atoms with Crippen molar-refractivity contribution >= 4 is 46.4 Å². The minimum atomic E-state index is -0.428. The van der Waals surface area contributed by atoms with Crippen molar-refractivity contribution < 1.29 is 9.59 Å². The summed E-state index contributed by atoms with van der Waals surface area (Å²) in [6.07, 6.45) is 0.178. The van der Waals surface area contributed by atoms with Gasteiger partial charge in [0.05, 0.1) is 16.6 Å². The molecule has 4 nitrogen and oxygen atoms in total. The van der Waals surface area contributed by atoms with Crippen LogP contribution in [0.15, 0.2) is 36.4 Å². The highest BCUT2D eigenvalue weighted by molar-refractivity contribution is 6.35. The van der Waals surface area contributed by atoms with Gasteiger partial charge in [-0.3, -0.25) is 9.59 Å². The largest absolute Gasteiger partial charge is 0.324 e. The zero-order valence-corrected chi connectivity index (χ0v) is 15.5. The molecule has 6 heteroatoms. The van der Waals surface area contributed by atoms with Crippen LogP contribution in [-0.4, -0.2) is 18.4 Å². The van der Waals surface area contributed by atoms with Crippen LogP contribution < -0.4 is 10.2 Å². The second kappa shape index (κ2) is 7.06. The second-order valence-electron chi connectivity index (χ2n) is 6.31. The Hall–Kier alpha value is -2.04. The number of anilines is 2. The fraction of sp³-hybridized carbons (Fsp3) is 0.263. The van der Waals surface area contributed by atoms with Crippen LogP contribution in [0.1, 0.15) is 17.5 Å². The summed E-state index contributed by atoms with van der Waals surface area (Å²) in [5.41, 5.74) is 3.47. The fourth-order valence-corrected chi connectivity index (χ4v) is 3.39. The molecular formula is C19H18Cl2N2O2. The van der Waals surface area contributed by atoms with Gasteiger partial charge in [0, 0.05) is 23.7 Å². The Morgan fingerprint density at radius 3 is 2.64 bits per heavy atom. The first-order chi connectivity index (χ1) is 11.8. The van der Waals surface area contributed by atoms with E-state index < -0.39 is 5.92 Å². The Balaban J connectivity index is 1.75. The summed E-state index contributed by atoms with van der Waals surface area (Å²) in [5.74, 6) is -0.711. The molecule has 2 aromatic carbocycles. The summed E-state index contributed by atoms with van der Waals surface area (Å²) < 4.78 is 0. The van der Waals surface area contributed by atoms with E-state index in [4.69, 9.17) is 23.2 Å². The number of halogens is 2. The zero-order chi connectivity index (χ0) is 18.1. The summed E-state index contributed by atoms with van der Waals surface area (Å²) in [7, 11) is 0. The van der Waals surface area contributed by atoms with Gasteiger partial charge in [0.2, 0.25) is 11.8 Å². The van der Waals surface area contributed by atoms with Crippen LogP contribution >= 0.6 is 23.2 Å². The minimum absolute atomic E-state index is 0.0516. The predicted molar refractivity (Wildman–Crippen MR) is 101 cm³/mol. The maximum absolute atomic E-state index is 12.5. The number of amides is 2. The van der Waals surface area contributed by atoms with Gasteiger partial charge in [0.15, 0.2) is 0 Å². The van der Waals surface area contributed by atoms with Crippen molar-refractivity contribution in [1.29, 1.82) is 0 Å². The van der Waals surface area contributed by atoms with Gasteiger partial charge in [0.1, 0.15) is 0 Å². The molecule has 0 aliphatic carbocycles. The van der Waals surface area contributed by atoms with Gasteiger partial charge >= 0.3 is 0 Å². The van der Waals surface area contributed by atoms with Crippen molar-refractivity contribution in [2.24, 2.45) is 5.92 Å². The van der Waals surface area contributed by atoms with E-state index >= 15 is 0 Å². The third kappa shape index (κ3) is 3.80. The molecule has 0 radical (unpaired) electrons. The van der Waals surface area contributed by atoms with Crippen LogP contribution in [0.25, 0.3) is 0 Å². The van der Waals surface area contributed by atoms with Crippen molar-refractivity contribution in [3.05, 3.63) is 57.6 Å². The molecule has 1 aliphatic rings. The molecule has 130 valence electrons. The third-order valence-corrected chi connectivity index (χ3v) is 4.89. The Bertz CT molecular complexity index is 851. The van der Waals surface area contributed by atoms with Crippen LogP contribution in [0, 0.1) is 19.8 Å². The highest BCUT2D eigenvalue weighted by Gasteiger charge is 2.35. The molecule has 1 aliphatic heterocycles. The van der Waals surface area contributed by atoms with Gasteiger partial charge in [0.25, 0.3) is 0 Å². The summed E-state index contributed by atoms with van der Waals surface area (Å²) in [5, 5.41) is 3.67. The van der Waals surface area contributed by atoms with E-state index in [9.17, 15) is 9.59 Å². The number of rotatable bonds is 3. The molecule has 1 N–H and O–H groups in total. The lowest BCUT2D eigenvalue weighted by Crippen LogP contribution is -2.28. The van der Waals surface area contributed by atoms with E-state index in [-0.39, 0.29) is 18.2 Å². The normalized spacial score (nSPS) is 17.0. The van der Waals surface area contributed by atoms with E-state index in [1.54, 1.807) is 23.1 Å². The highest BCUT2D eigenvalue weighted by atomic mass is 35.5. The molecule has 1 fully saturated rings. The van der Waals surface area contributed by atoms with E-state index in [1.807, 2.05) is 32.0 Å². The molecule has 1 saturated heterocycles. The topological polar surface area (TPSA) is 49.4 Å². The van der Waals surface area contributed by atoms with Crippen LogP contribution in [0.4, 0.5) is 11.4 Å². The number of hydrogen-bond acceptors (Lipinski definition) is 2. The van der Waals surface area contributed by atoms with E-state index in [0.29, 0.717) is 22.3 Å². The average Bonchev–Trinajstić information content (AvgIpc) is 2.93. The summed E-state index contributed by atoms with van der Waals surface area (Å²) in [6.45, 7) is 4.33. The van der Waals surface area contributed by atoms with Crippen LogP contribution in [0.5, 0.6) is 0 Å². The Morgan fingerprint density at radius 2 is 1.92 bits per heavy atom. The van der Waals surface area contributed by atoms with Crippen LogP contribution in [-0.2, 0) is 9.59 Å². The molecule has 0 bridgehead atoms. The minimum Gasteiger partial charge on any atom is -0.324 e. The number of benzene rings is 2. The number of nitrogens with one attached hydrogen (secondary N) is 1. The number of carbonyl (C=O) groups excluding carboxylic acids is 2. The van der Waals surface area contributed by atoms with Gasteiger partial charge in [-0.15, -0.1) is 0 Å². The SMILES string of the molecule is Cc1ccc(N2CC(C(=O)Nc3cc(Cl)ccc3Cl)CC2=O)c(C)c1. The van der Waals surface area contributed by atoms with Gasteiger partial charge < -0.3 is 10.2 Å². The smallest absolute Gasteiger partial charge is 0.229 e. The number of hydrogen-bond donors (Lipinski definition) is 1. The molecule has 1 unspecified atom stereocenters. The first-order valence-electron chi connectivity index (χ1n) is 7.98. The fourth-order valence-electron chi connectivity index (χ4n) is 3.05. The molecule has 3 rings (SSSR count). The molecule has 0 saturated carbocycles. The Labute approximate surface area is 156 Å². The number of aryl methyl sites for hydroxylation is 2. The Kier molecular flexibility index (Phi) is 5.02. The molecule has 2 amide bonds. The average molecular weight is 377 g/mol. The molecule has 0 aromatic heterocycles. The zero-order valence-electron chi connectivity index (χ0n) is 14.0. The standard InChI is InChI=1S/C19H18Cl2N2O2/c1-11-3-6-17(12(2)7-11)23-10-13(8-18(23)24)19(25)22-16-9-14(20)4-5-15(16)21/h3-7,9,13H,8,10H2,1-2H3,(H,22,25). The van der Waals surface area contributed by atoms with Gasteiger partial charge in [-0.05, 0) is 43.7 Å². The summed E-state index contributed by atoms with van der Waals surface area (Å²) >= 11 is 12.0. The van der Waals surface area contributed by atoms with Crippen molar-refractivity contribution in [2.75, 3.05) is 16.8 Å². The summed E-state index contributed by atoms with van der Waals surface area (Å²) in [6, 6.07) is 10.8. The molecule has 1 atom stereocenters. The van der Waals surface area contributed by atoms with Crippen molar-refractivity contribution in [2.45, 2.75) is 20.3 Å². The molecular weight excluding hydrogens is 359 g/mol. The lowest BCUT2D eigenvalue weighted by molar-refractivity contribution is -0.122. The van der Waals surface area contributed by atoms with Gasteiger partial charge in [-0.25, -0.2) is 0 Å². The summed E-state index contributed by atoms with van der Waals surface area (Å²) in [4.78, 5) is 26.6. The van der Waals surface area contributed by atoms with Crippen LogP contribution in [0.3, 0.4) is 0 Å². The monoisotopic (exact) mass is 376 g/mol. The third-order valence-electron chi connectivity index (χ3n) is 4.33. The molecule has 25 heavy (non-hydrogen) atoms. The van der Waals surface area contributed by atoms with E-state index in [1.165, 1.54) is 0 Å². The maximum atomic E-state index is 12.5. The van der Waals surface area contributed by atoms with Gasteiger partial charge in [-0.2, -0.15) is 0 Å². The van der Waals surface area contributed by atoms with Gasteiger partial charge in [-0.1, -0.05) is 40.9 Å². The van der Waals surface area contributed by atoms with Crippen LogP contribution in [0.2, 0.25) is 10.0 Å². The van der Waals surface area contributed by atoms with Crippen molar-refractivity contribution in [1.82, 2.24) is 0 Å². The highest BCUT2D eigenvalue weighted by Crippen LogP contribution is 2.30. The first-order valence-corrected chi connectivity index (χ1v) is 8.74. The number of carbonyl (C=O) groups is 2. The quantitative estimate of drug-likeness (QED) is 0.850. The molecule has 1 heterocycles. The Morgan fingerprint density at radius 1 is 1.16 bits per heavy atom. The van der Waals surface area contributed by atoms with Crippen molar-refractivity contribution in [3.8, 4) is 0 Å². The molecule has 0 spiro atoms. The maximum Gasteiger partial charge on any atom is 0.229 e. The first kappa shape index (κ1) is 17.8. The lowest BCUT2D eigenvalue weighted by Gasteiger charge is -2.19. The van der Waals surface area contributed by atoms with E-state index in [0.717, 1.165) is 16.8 Å². The molecule has 2 aromatic rings. The second-order valence-corrected chi connectivity index (χ2v) is 7.15. The van der Waals surface area contributed by atoms with Crippen molar-refractivity contribution in [3.63, 3.8) is 0 Å².